The molecule has 0 aliphatic rings. The van der Waals surface area contributed by atoms with Crippen molar-refractivity contribution >= 4 is 33.2 Å². The van der Waals surface area contributed by atoms with Gasteiger partial charge in [0.15, 0.2) is 0 Å². The fourth-order valence-corrected chi connectivity index (χ4v) is 4.94. The molecule has 0 aliphatic heterocycles. The second-order valence-electron chi connectivity index (χ2n) is 7.57. The molecule has 0 bridgehead atoms. The van der Waals surface area contributed by atoms with Crippen LogP contribution in [0.1, 0.15) is 18.9 Å². The summed E-state index contributed by atoms with van der Waals surface area (Å²) in [6, 6.07) is 24.7. The van der Waals surface area contributed by atoms with Gasteiger partial charge >= 0.3 is 0 Å². The Hall–Kier alpha value is -2.83. The Morgan fingerprint density at radius 1 is 0.938 bits per heavy atom. The molecule has 1 N–H and O–H groups in total. The van der Waals surface area contributed by atoms with Crippen LogP contribution in [-0.2, 0) is 21.2 Å². The standard InChI is InChI=1S/C25H27ClN2O3S/c1-2-20(17-21-9-5-3-6-10-21)18-27-25(29)19-28(23-11-7-4-8-12-23)32(30,31)24-15-13-22(26)14-16-24/h3-16,20H,2,17-19H2,1H3,(H,27,29). The van der Waals surface area contributed by atoms with Crippen molar-refractivity contribution in [2.75, 3.05) is 17.4 Å². The number of para-hydroxylation sites is 1. The molecule has 1 atom stereocenters. The zero-order chi connectivity index (χ0) is 23.0. The zero-order valence-electron chi connectivity index (χ0n) is 17.9. The Balaban J connectivity index is 1.73. The first kappa shape index (κ1) is 23.8. The maximum absolute atomic E-state index is 13.3. The number of rotatable bonds is 10. The fourth-order valence-electron chi connectivity index (χ4n) is 3.40. The molecule has 32 heavy (non-hydrogen) atoms. The van der Waals surface area contributed by atoms with Crippen molar-refractivity contribution in [1.29, 1.82) is 0 Å². The number of carbonyl (C=O) groups is 1. The normalized spacial score (nSPS) is 12.2. The lowest BCUT2D eigenvalue weighted by molar-refractivity contribution is -0.119. The smallest absolute Gasteiger partial charge is 0.264 e. The van der Waals surface area contributed by atoms with Crippen molar-refractivity contribution in [3.05, 3.63) is 95.5 Å². The fraction of sp³-hybridized carbons (Fsp3) is 0.240. The Bertz CT molecular complexity index is 1100. The highest BCUT2D eigenvalue weighted by Gasteiger charge is 2.27. The van der Waals surface area contributed by atoms with Gasteiger partial charge in [-0.1, -0.05) is 73.5 Å². The van der Waals surface area contributed by atoms with Gasteiger partial charge in [-0.15, -0.1) is 0 Å². The number of carbonyl (C=O) groups excluding carboxylic acids is 1. The number of halogens is 1. The van der Waals surface area contributed by atoms with Gasteiger partial charge in [-0.25, -0.2) is 8.42 Å². The van der Waals surface area contributed by atoms with Gasteiger partial charge in [0.1, 0.15) is 6.54 Å². The molecule has 0 saturated heterocycles. The SMILES string of the molecule is CCC(CNC(=O)CN(c1ccccc1)S(=O)(=O)c1ccc(Cl)cc1)Cc1ccccc1. The van der Waals surface area contributed by atoms with Crippen LogP contribution >= 0.6 is 11.6 Å². The summed E-state index contributed by atoms with van der Waals surface area (Å²) in [6.07, 6.45) is 1.75. The molecule has 1 unspecified atom stereocenters. The largest absolute Gasteiger partial charge is 0.354 e. The summed E-state index contributed by atoms with van der Waals surface area (Å²) in [5, 5.41) is 3.36. The summed E-state index contributed by atoms with van der Waals surface area (Å²) < 4.78 is 27.8. The minimum atomic E-state index is -3.94. The van der Waals surface area contributed by atoms with Crippen LogP contribution < -0.4 is 9.62 Å². The van der Waals surface area contributed by atoms with Crippen LogP contribution in [0, 0.1) is 5.92 Å². The second kappa shape index (κ2) is 11.2. The number of nitrogens with zero attached hydrogens (tertiary/aromatic N) is 1. The van der Waals surface area contributed by atoms with E-state index in [1.54, 1.807) is 30.3 Å². The van der Waals surface area contributed by atoms with E-state index in [-0.39, 0.29) is 23.3 Å². The van der Waals surface area contributed by atoms with Crippen molar-refractivity contribution in [3.8, 4) is 0 Å². The highest BCUT2D eigenvalue weighted by atomic mass is 35.5. The lowest BCUT2D eigenvalue weighted by Gasteiger charge is -2.24. The van der Waals surface area contributed by atoms with E-state index in [0.717, 1.165) is 17.1 Å². The summed E-state index contributed by atoms with van der Waals surface area (Å²) in [6.45, 7) is 2.26. The zero-order valence-corrected chi connectivity index (χ0v) is 19.5. The Morgan fingerprint density at radius 2 is 1.53 bits per heavy atom. The summed E-state index contributed by atoms with van der Waals surface area (Å²) in [7, 11) is -3.94. The van der Waals surface area contributed by atoms with Crippen LogP contribution in [0.15, 0.2) is 89.8 Å². The van der Waals surface area contributed by atoms with E-state index in [1.807, 2.05) is 18.2 Å². The number of sulfonamides is 1. The molecule has 7 heteroatoms. The summed E-state index contributed by atoms with van der Waals surface area (Å²) in [4.78, 5) is 12.9. The third kappa shape index (κ3) is 6.34. The van der Waals surface area contributed by atoms with E-state index >= 15 is 0 Å². The molecule has 3 aromatic rings. The number of benzene rings is 3. The van der Waals surface area contributed by atoms with E-state index < -0.39 is 10.0 Å². The second-order valence-corrected chi connectivity index (χ2v) is 9.87. The first-order chi connectivity index (χ1) is 15.4. The van der Waals surface area contributed by atoms with E-state index in [2.05, 4.69) is 24.4 Å². The first-order valence-electron chi connectivity index (χ1n) is 10.5. The van der Waals surface area contributed by atoms with E-state index in [0.29, 0.717) is 17.3 Å². The van der Waals surface area contributed by atoms with Crippen LogP contribution in [0.2, 0.25) is 5.02 Å². The molecule has 0 fully saturated rings. The van der Waals surface area contributed by atoms with Gasteiger partial charge in [-0.2, -0.15) is 0 Å². The third-order valence-electron chi connectivity index (χ3n) is 5.27. The maximum Gasteiger partial charge on any atom is 0.264 e. The molecule has 5 nitrogen and oxygen atoms in total. The number of anilines is 1. The quantitative estimate of drug-likeness (QED) is 0.457. The molecule has 0 saturated carbocycles. The number of amides is 1. The lowest BCUT2D eigenvalue weighted by Crippen LogP contribution is -2.42. The Kier molecular flexibility index (Phi) is 8.31. The molecule has 0 aliphatic carbocycles. The van der Waals surface area contributed by atoms with Crippen LogP contribution in [-0.4, -0.2) is 27.4 Å². The van der Waals surface area contributed by atoms with Crippen LogP contribution in [0.5, 0.6) is 0 Å². The molecule has 1 amide bonds. The van der Waals surface area contributed by atoms with Gasteiger partial charge < -0.3 is 5.32 Å². The van der Waals surface area contributed by atoms with Crippen molar-refractivity contribution in [2.24, 2.45) is 5.92 Å². The van der Waals surface area contributed by atoms with Gasteiger partial charge in [-0.05, 0) is 54.3 Å². The van der Waals surface area contributed by atoms with Crippen molar-refractivity contribution in [3.63, 3.8) is 0 Å². The molecule has 3 rings (SSSR count). The average Bonchev–Trinajstić information content (AvgIpc) is 2.81. The highest BCUT2D eigenvalue weighted by Crippen LogP contribution is 2.24. The average molecular weight is 471 g/mol. The number of nitrogens with one attached hydrogen (secondary N) is 1. The lowest BCUT2D eigenvalue weighted by atomic mass is 9.97. The van der Waals surface area contributed by atoms with Gasteiger partial charge in [0.05, 0.1) is 10.6 Å². The molecular weight excluding hydrogens is 444 g/mol. The predicted molar refractivity (Wildman–Crippen MR) is 129 cm³/mol. The third-order valence-corrected chi connectivity index (χ3v) is 7.31. The van der Waals surface area contributed by atoms with Crippen LogP contribution in [0.4, 0.5) is 5.69 Å². The summed E-state index contributed by atoms with van der Waals surface area (Å²) in [5.41, 5.74) is 1.64. The van der Waals surface area contributed by atoms with Gasteiger partial charge in [-0.3, -0.25) is 9.10 Å². The summed E-state index contributed by atoms with van der Waals surface area (Å²) >= 11 is 5.91. The molecule has 168 valence electrons. The van der Waals surface area contributed by atoms with Gasteiger partial charge in [0.2, 0.25) is 5.91 Å². The summed E-state index contributed by atoms with van der Waals surface area (Å²) in [5.74, 6) is -0.0858. The molecule has 0 heterocycles. The Labute approximate surface area is 195 Å². The minimum Gasteiger partial charge on any atom is -0.354 e. The van der Waals surface area contributed by atoms with E-state index in [9.17, 15) is 13.2 Å². The highest BCUT2D eigenvalue weighted by molar-refractivity contribution is 7.92. The van der Waals surface area contributed by atoms with Crippen molar-refractivity contribution in [2.45, 2.75) is 24.7 Å². The van der Waals surface area contributed by atoms with Crippen molar-refractivity contribution < 1.29 is 13.2 Å². The molecule has 0 aromatic heterocycles. The van der Waals surface area contributed by atoms with Gasteiger partial charge in [0, 0.05) is 11.6 Å². The molecular formula is C25H27ClN2O3S. The van der Waals surface area contributed by atoms with E-state index in [4.69, 9.17) is 11.6 Å². The monoisotopic (exact) mass is 470 g/mol. The molecule has 0 spiro atoms. The minimum absolute atomic E-state index is 0.0778. The first-order valence-corrected chi connectivity index (χ1v) is 12.4. The predicted octanol–water partition coefficient (Wildman–Crippen LogP) is 4.92. The number of hydrogen-bond donors (Lipinski definition) is 1. The van der Waals surface area contributed by atoms with Gasteiger partial charge in [0.25, 0.3) is 10.0 Å². The van der Waals surface area contributed by atoms with Crippen molar-refractivity contribution in [1.82, 2.24) is 5.32 Å². The number of hydrogen-bond acceptors (Lipinski definition) is 3. The molecule has 3 aromatic carbocycles. The Morgan fingerprint density at radius 3 is 2.12 bits per heavy atom. The van der Waals surface area contributed by atoms with Crippen LogP contribution in [0.3, 0.4) is 0 Å². The molecule has 0 radical (unpaired) electrons. The topological polar surface area (TPSA) is 66.5 Å². The van der Waals surface area contributed by atoms with Crippen LogP contribution in [0.25, 0.3) is 0 Å². The maximum atomic E-state index is 13.3. The van der Waals surface area contributed by atoms with E-state index in [1.165, 1.54) is 29.8 Å².